The molecule has 28 heavy (non-hydrogen) atoms. The Bertz CT molecular complexity index is 999. The average Bonchev–Trinajstić information content (AvgIpc) is 2.98. The Balaban J connectivity index is 1.62. The fourth-order valence-electron chi connectivity index (χ4n) is 2.34. The third-order valence-electron chi connectivity index (χ3n) is 3.85. The van der Waals surface area contributed by atoms with Gasteiger partial charge in [0.2, 0.25) is 5.95 Å². The van der Waals surface area contributed by atoms with Crippen molar-refractivity contribution in [1.29, 1.82) is 0 Å². The SMILES string of the molecule is Cc1nc(NC(=O)C(=O)NCc2ccccc2Oc2cccc(F)c2)nn1C. The third-order valence-corrected chi connectivity index (χ3v) is 3.85. The maximum absolute atomic E-state index is 13.3. The van der Waals surface area contributed by atoms with Crippen LogP contribution in [0, 0.1) is 12.7 Å². The molecule has 0 aliphatic heterocycles. The summed E-state index contributed by atoms with van der Waals surface area (Å²) in [5.41, 5.74) is 0.625. The third kappa shape index (κ3) is 4.70. The monoisotopic (exact) mass is 383 g/mol. The molecule has 0 unspecified atom stereocenters. The van der Waals surface area contributed by atoms with Crippen LogP contribution in [0.5, 0.6) is 11.5 Å². The molecule has 0 fully saturated rings. The van der Waals surface area contributed by atoms with E-state index in [9.17, 15) is 14.0 Å². The summed E-state index contributed by atoms with van der Waals surface area (Å²) >= 11 is 0. The standard InChI is InChI=1S/C19H18FN5O3/c1-12-22-19(24-25(12)2)23-18(27)17(26)21-11-13-6-3-4-9-16(13)28-15-8-5-7-14(20)10-15/h3-10H,11H2,1-2H3,(H,21,26)(H,23,24,27). The van der Waals surface area contributed by atoms with Gasteiger partial charge in [-0.15, -0.1) is 5.10 Å². The highest BCUT2D eigenvalue weighted by atomic mass is 19.1. The Morgan fingerprint density at radius 3 is 2.64 bits per heavy atom. The number of nitrogens with one attached hydrogen (secondary N) is 2. The first kappa shape index (κ1) is 19.0. The molecule has 0 aliphatic carbocycles. The van der Waals surface area contributed by atoms with Crippen LogP contribution in [0.15, 0.2) is 48.5 Å². The Morgan fingerprint density at radius 1 is 1.14 bits per heavy atom. The van der Waals surface area contributed by atoms with Crippen LogP contribution in [0.1, 0.15) is 11.4 Å². The molecule has 0 saturated carbocycles. The lowest BCUT2D eigenvalue weighted by Gasteiger charge is -2.12. The summed E-state index contributed by atoms with van der Waals surface area (Å²) in [4.78, 5) is 28.0. The predicted molar refractivity (Wildman–Crippen MR) is 99.1 cm³/mol. The van der Waals surface area contributed by atoms with Crippen LogP contribution in [-0.2, 0) is 23.2 Å². The largest absolute Gasteiger partial charge is 0.457 e. The molecule has 3 aromatic rings. The molecule has 9 heteroatoms. The minimum absolute atomic E-state index is 0.0480. The van der Waals surface area contributed by atoms with Gasteiger partial charge in [0.25, 0.3) is 0 Å². The number of aryl methyl sites for hydroxylation is 2. The van der Waals surface area contributed by atoms with Crippen molar-refractivity contribution < 1.29 is 18.7 Å². The number of ether oxygens (including phenoxy) is 1. The zero-order valence-electron chi connectivity index (χ0n) is 15.3. The van der Waals surface area contributed by atoms with E-state index in [-0.39, 0.29) is 12.5 Å². The molecule has 2 amide bonds. The minimum atomic E-state index is -0.880. The van der Waals surface area contributed by atoms with Crippen molar-refractivity contribution in [1.82, 2.24) is 20.1 Å². The number of hydrogen-bond donors (Lipinski definition) is 2. The van der Waals surface area contributed by atoms with E-state index >= 15 is 0 Å². The number of amides is 2. The van der Waals surface area contributed by atoms with E-state index in [0.717, 1.165) is 0 Å². The highest BCUT2D eigenvalue weighted by molar-refractivity contribution is 6.39. The number of carbonyl (C=O) groups is 2. The molecule has 2 N–H and O–H groups in total. The molecule has 3 rings (SSSR count). The number of nitrogens with zero attached hydrogens (tertiary/aromatic N) is 3. The summed E-state index contributed by atoms with van der Waals surface area (Å²) in [6.45, 7) is 1.77. The van der Waals surface area contributed by atoms with E-state index in [2.05, 4.69) is 20.7 Å². The van der Waals surface area contributed by atoms with Gasteiger partial charge in [-0.3, -0.25) is 19.6 Å². The molecular weight excluding hydrogens is 365 g/mol. The van der Waals surface area contributed by atoms with Crippen molar-refractivity contribution in [2.24, 2.45) is 7.05 Å². The van der Waals surface area contributed by atoms with Crippen molar-refractivity contribution in [3.63, 3.8) is 0 Å². The molecule has 0 saturated heterocycles. The topological polar surface area (TPSA) is 98.1 Å². The van der Waals surface area contributed by atoms with Crippen molar-refractivity contribution in [2.75, 3.05) is 5.32 Å². The van der Waals surface area contributed by atoms with E-state index < -0.39 is 17.6 Å². The Morgan fingerprint density at radius 2 is 1.93 bits per heavy atom. The number of halogens is 1. The molecule has 0 radical (unpaired) electrons. The van der Waals surface area contributed by atoms with Crippen LogP contribution < -0.4 is 15.4 Å². The summed E-state index contributed by atoms with van der Waals surface area (Å²) in [5, 5.41) is 8.81. The molecule has 0 atom stereocenters. The van der Waals surface area contributed by atoms with Crippen LogP contribution >= 0.6 is 0 Å². The molecule has 0 aliphatic rings. The van der Waals surface area contributed by atoms with Crippen molar-refractivity contribution in [2.45, 2.75) is 13.5 Å². The lowest BCUT2D eigenvalue weighted by atomic mass is 10.2. The fraction of sp³-hybridized carbons (Fsp3) is 0.158. The first-order valence-corrected chi connectivity index (χ1v) is 8.40. The molecule has 0 spiro atoms. The summed E-state index contributed by atoms with van der Waals surface area (Å²) in [5.74, 6) is -0.726. The highest BCUT2D eigenvalue weighted by Gasteiger charge is 2.17. The fourth-order valence-corrected chi connectivity index (χ4v) is 2.34. The van der Waals surface area contributed by atoms with E-state index in [4.69, 9.17) is 4.74 Å². The van der Waals surface area contributed by atoms with Crippen LogP contribution in [0.25, 0.3) is 0 Å². The van der Waals surface area contributed by atoms with Crippen LogP contribution in [0.4, 0.5) is 10.3 Å². The van der Waals surface area contributed by atoms with E-state index in [1.165, 1.54) is 22.9 Å². The van der Waals surface area contributed by atoms with Crippen molar-refractivity contribution >= 4 is 17.8 Å². The van der Waals surface area contributed by atoms with Gasteiger partial charge in [0.05, 0.1) is 0 Å². The number of carbonyl (C=O) groups excluding carboxylic acids is 2. The summed E-state index contributed by atoms with van der Waals surface area (Å²) in [6.07, 6.45) is 0. The van der Waals surface area contributed by atoms with Gasteiger partial charge in [-0.25, -0.2) is 4.39 Å². The summed E-state index contributed by atoms with van der Waals surface area (Å²) in [7, 11) is 1.67. The van der Waals surface area contributed by atoms with Gasteiger partial charge >= 0.3 is 11.8 Å². The van der Waals surface area contributed by atoms with Gasteiger partial charge in [-0.1, -0.05) is 24.3 Å². The Labute approximate surface area is 160 Å². The Hall–Kier alpha value is -3.75. The van der Waals surface area contributed by atoms with Crippen molar-refractivity contribution in [3.8, 4) is 11.5 Å². The van der Waals surface area contributed by atoms with Gasteiger partial charge in [0.15, 0.2) is 0 Å². The van der Waals surface area contributed by atoms with Gasteiger partial charge in [0, 0.05) is 25.2 Å². The number of para-hydroxylation sites is 1. The Kier molecular flexibility index (Phi) is 5.64. The van der Waals surface area contributed by atoms with Gasteiger partial charge in [0.1, 0.15) is 23.1 Å². The lowest BCUT2D eigenvalue weighted by molar-refractivity contribution is -0.136. The van der Waals surface area contributed by atoms with E-state index in [1.54, 1.807) is 44.3 Å². The predicted octanol–water partition coefficient (Wildman–Crippen LogP) is 2.31. The second-order valence-electron chi connectivity index (χ2n) is 5.91. The van der Waals surface area contributed by atoms with E-state index in [1.807, 2.05) is 0 Å². The molecular formula is C19H18FN5O3. The smallest absolute Gasteiger partial charge is 0.316 e. The normalized spacial score (nSPS) is 10.4. The maximum atomic E-state index is 13.3. The number of benzene rings is 2. The van der Waals surface area contributed by atoms with Crippen LogP contribution in [-0.4, -0.2) is 26.6 Å². The summed E-state index contributed by atoms with van der Waals surface area (Å²) in [6, 6.07) is 12.7. The van der Waals surface area contributed by atoms with Crippen LogP contribution in [0.2, 0.25) is 0 Å². The zero-order valence-corrected chi connectivity index (χ0v) is 15.3. The molecule has 8 nitrogen and oxygen atoms in total. The first-order valence-electron chi connectivity index (χ1n) is 8.40. The van der Waals surface area contributed by atoms with Gasteiger partial charge in [-0.2, -0.15) is 4.98 Å². The zero-order chi connectivity index (χ0) is 20.1. The average molecular weight is 383 g/mol. The minimum Gasteiger partial charge on any atom is -0.457 e. The number of hydrogen-bond acceptors (Lipinski definition) is 5. The molecule has 144 valence electrons. The second kappa shape index (κ2) is 8.30. The highest BCUT2D eigenvalue weighted by Crippen LogP contribution is 2.25. The van der Waals surface area contributed by atoms with Gasteiger partial charge in [-0.05, 0) is 25.1 Å². The molecule has 2 aromatic carbocycles. The van der Waals surface area contributed by atoms with Gasteiger partial charge < -0.3 is 10.1 Å². The first-order chi connectivity index (χ1) is 13.4. The van der Waals surface area contributed by atoms with E-state index in [0.29, 0.717) is 22.9 Å². The lowest BCUT2D eigenvalue weighted by Crippen LogP contribution is -2.35. The maximum Gasteiger partial charge on any atom is 0.316 e. The molecule has 1 aromatic heterocycles. The molecule has 0 bridgehead atoms. The summed E-state index contributed by atoms with van der Waals surface area (Å²) < 4.78 is 20.5. The quantitative estimate of drug-likeness (QED) is 0.659. The number of anilines is 1. The number of aromatic nitrogens is 3. The van der Waals surface area contributed by atoms with Crippen molar-refractivity contribution in [3.05, 3.63) is 65.7 Å². The van der Waals surface area contributed by atoms with Crippen LogP contribution in [0.3, 0.4) is 0 Å². The number of rotatable bonds is 5. The molecule has 1 heterocycles. The second-order valence-corrected chi connectivity index (χ2v) is 5.91.